The molecule has 1 aromatic heterocycles. The van der Waals surface area contributed by atoms with E-state index in [9.17, 15) is 9.00 Å². The van der Waals surface area contributed by atoms with E-state index < -0.39 is 10.8 Å². The van der Waals surface area contributed by atoms with Crippen LogP contribution in [0.1, 0.15) is 45.4 Å². The molecule has 21 heavy (non-hydrogen) atoms. The Morgan fingerprint density at radius 1 is 1.43 bits per heavy atom. The van der Waals surface area contributed by atoms with Gasteiger partial charge in [-0.2, -0.15) is 0 Å². The van der Waals surface area contributed by atoms with E-state index in [1.54, 1.807) is 4.90 Å². The normalized spacial score (nSPS) is 23.8. The average molecular weight is 312 g/mol. The Morgan fingerprint density at radius 3 is 2.76 bits per heavy atom. The van der Waals surface area contributed by atoms with Gasteiger partial charge in [-0.3, -0.25) is 14.1 Å². The quantitative estimate of drug-likeness (QED) is 0.894. The molecule has 0 spiro atoms. The predicted molar refractivity (Wildman–Crippen MR) is 81.2 cm³/mol. The maximum Gasteiger partial charge on any atom is 0.239 e. The van der Waals surface area contributed by atoms with Gasteiger partial charge < -0.3 is 4.90 Å². The second-order valence-electron chi connectivity index (χ2n) is 5.74. The molecule has 1 saturated carbocycles. The minimum atomic E-state index is -1.48. The third-order valence-corrected chi connectivity index (χ3v) is 5.36. The molecule has 0 aliphatic heterocycles. The number of carbonyl (C=O) groups is 1. The van der Waals surface area contributed by atoms with Gasteiger partial charge in [0.15, 0.2) is 0 Å². The van der Waals surface area contributed by atoms with Crippen molar-refractivity contribution in [1.29, 1.82) is 0 Å². The van der Waals surface area contributed by atoms with Crippen molar-refractivity contribution < 1.29 is 9.00 Å². The molecule has 1 amide bonds. The Kier molecular flexibility index (Phi) is 5.50. The molecule has 0 unspecified atom stereocenters. The number of hydrogen-bond donors (Lipinski definition) is 1. The first-order valence-electron chi connectivity index (χ1n) is 7.58. The highest BCUT2D eigenvalue weighted by molar-refractivity contribution is 7.85. The lowest BCUT2D eigenvalue weighted by Crippen LogP contribution is -2.44. The van der Waals surface area contributed by atoms with Crippen LogP contribution in [0.25, 0.3) is 0 Å². The van der Waals surface area contributed by atoms with Crippen molar-refractivity contribution in [3.05, 3.63) is 5.82 Å². The molecule has 7 heteroatoms. The molecule has 1 N–H and O–H groups in total. The molecule has 3 atom stereocenters. The number of aromatic amines is 1. The Bertz CT molecular complexity index is 517. The van der Waals surface area contributed by atoms with Crippen molar-refractivity contribution >= 4 is 16.7 Å². The number of amides is 1. The topological polar surface area (TPSA) is 79.0 Å². The van der Waals surface area contributed by atoms with Crippen molar-refractivity contribution in [1.82, 2.24) is 20.1 Å². The highest BCUT2D eigenvalue weighted by Gasteiger charge is 2.29. The standard InChI is InChI=1S/C14H24N4O2S/c1-4-12-15-14(17-16-12)21(20)9-13(19)18(3)11-8-6-5-7-10(11)2/h10-11H,4-9H2,1-3H3,(H,15,16,17)/t10-,11-,21-/m0/s1. The van der Waals surface area contributed by atoms with Crippen LogP contribution in [-0.2, 0) is 22.0 Å². The molecule has 0 saturated heterocycles. The number of hydrogen-bond acceptors (Lipinski definition) is 4. The summed E-state index contributed by atoms with van der Waals surface area (Å²) in [4.78, 5) is 18.2. The molecule has 2 rings (SSSR count). The van der Waals surface area contributed by atoms with Crippen molar-refractivity contribution in [3.63, 3.8) is 0 Å². The zero-order chi connectivity index (χ0) is 15.4. The van der Waals surface area contributed by atoms with Crippen molar-refractivity contribution in [2.45, 2.75) is 57.1 Å². The number of nitrogens with one attached hydrogen (secondary N) is 1. The molecule has 1 aliphatic rings. The Hall–Kier alpha value is -1.24. The van der Waals surface area contributed by atoms with Crippen molar-refractivity contribution in [3.8, 4) is 0 Å². The first kappa shape index (κ1) is 16.1. The fourth-order valence-corrected chi connectivity index (χ4v) is 3.79. The number of H-pyrrole nitrogens is 1. The van der Waals surface area contributed by atoms with Crippen LogP contribution >= 0.6 is 0 Å². The summed E-state index contributed by atoms with van der Waals surface area (Å²) >= 11 is 0. The summed E-state index contributed by atoms with van der Waals surface area (Å²) in [6.45, 7) is 4.13. The van der Waals surface area contributed by atoms with E-state index in [1.165, 1.54) is 6.42 Å². The molecule has 1 aromatic rings. The molecule has 1 aliphatic carbocycles. The molecular weight excluding hydrogens is 288 g/mol. The summed E-state index contributed by atoms with van der Waals surface area (Å²) in [7, 11) is 0.346. The summed E-state index contributed by atoms with van der Waals surface area (Å²) in [6, 6.07) is 0.265. The fourth-order valence-electron chi connectivity index (χ4n) is 2.87. The van der Waals surface area contributed by atoms with E-state index in [0.717, 1.165) is 19.3 Å². The van der Waals surface area contributed by atoms with Gasteiger partial charge in [0.1, 0.15) is 22.4 Å². The Morgan fingerprint density at radius 2 is 2.14 bits per heavy atom. The minimum Gasteiger partial charge on any atom is -0.342 e. The molecule has 6 nitrogen and oxygen atoms in total. The van der Waals surface area contributed by atoms with Gasteiger partial charge in [0.05, 0.1) is 0 Å². The summed E-state index contributed by atoms with van der Waals surface area (Å²) in [5.41, 5.74) is 0. The predicted octanol–water partition coefficient (Wildman–Crippen LogP) is 1.51. The van der Waals surface area contributed by atoms with Gasteiger partial charge in [0.2, 0.25) is 11.1 Å². The second-order valence-corrected chi connectivity index (χ2v) is 7.09. The van der Waals surface area contributed by atoms with Crippen LogP contribution < -0.4 is 0 Å². The monoisotopic (exact) mass is 312 g/mol. The average Bonchev–Trinajstić information content (AvgIpc) is 2.96. The fraction of sp³-hybridized carbons (Fsp3) is 0.786. The number of nitrogens with zero attached hydrogens (tertiary/aromatic N) is 3. The third kappa shape index (κ3) is 3.90. The van der Waals surface area contributed by atoms with E-state index in [-0.39, 0.29) is 22.9 Å². The van der Waals surface area contributed by atoms with Gasteiger partial charge in [-0.05, 0) is 18.8 Å². The lowest BCUT2D eigenvalue weighted by Gasteiger charge is -2.36. The molecule has 118 valence electrons. The molecule has 1 fully saturated rings. The summed E-state index contributed by atoms with van der Waals surface area (Å²) in [5, 5.41) is 6.88. The van der Waals surface area contributed by atoms with Gasteiger partial charge in [0, 0.05) is 19.5 Å². The maximum atomic E-state index is 12.3. The Balaban J connectivity index is 1.95. The van der Waals surface area contributed by atoms with Gasteiger partial charge >= 0.3 is 0 Å². The first-order valence-corrected chi connectivity index (χ1v) is 8.90. The van der Waals surface area contributed by atoms with Crippen LogP contribution in [0, 0.1) is 5.92 Å². The maximum absolute atomic E-state index is 12.3. The lowest BCUT2D eigenvalue weighted by atomic mass is 9.85. The SMILES string of the molecule is CCc1nc([S@@](=O)CC(=O)N(C)[C@H]2CCCC[C@@H]2C)n[nH]1. The molecule has 1 heterocycles. The molecular formula is C14H24N4O2S. The lowest BCUT2D eigenvalue weighted by molar-refractivity contribution is -0.130. The van der Waals surface area contributed by atoms with Gasteiger partial charge in [-0.25, -0.2) is 4.98 Å². The number of aromatic nitrogens is 3. The largest absolute Gasteiger partial charge is 0.342 e. The summed E-state index contributed by atoms with van der Waals surface area (Å²) in [5.74, 6) is 1.08. The van der Waals surface area contributed by atoms with E-state index in [1.807, 2.05) is 14.0 Å². The van der Waals surface area contributed by atoms with Gasteiger partial charge in [0.25, 0.3) is 0 Å². The zero-order valence-electron chi connectivity index (χ0n) is 13.0. The van der Waals surface area contributed by atoms with Crippen LogP contribution in [0.3, 0.4) is 0 Å². The number of carbonyl (C=O) groups excluding carboxylic acids is 1. The van der Waals surface area contributed by atoms with Crippen LogP contribution in [0.2, 0.25) is 0 Å². The minimum absolute atomic E-state index is 0.0409. The Labute approximate surface area is 128 Å². The van der Waals surface area contributed by atoms with Gasteiger partial charge in [-0.1, -0.05) is 26.7 Å². The first-order chi connectivity index (χ1) is 10.0. The van der Waals surface area contributed by atoms with Crippen LogP contribution in [0.5, 0.6) is 0 Å². The van der Waals surface area contributed by atoms with E-state index in [2.05, 4.69) is 22.1 Å². The van der Waals surface area contributed by atoms with Crippen molar-refractivity contribution in [2.75, 3.05) is 12.8 Å². The van der Waals surface area contributed by atoms with Crippen molar-refractivity contribution in [2.24, 2.45) is 5.92 Å². The van der Waals surface area contributed by atoms with E-state index in [0.29, 0.717) is 18.2 Å². The number of rotatable bonds is 5. The highest BCUT2D eigenvalue weighted by atomic mass is 32.2. The smallest absolute Gasteiger partial charge is 0.239 e. The molecule has 0 aromatic carbocycles. The highest BCUT2D eigenvalue weighted by Crippen LogP contribution is 2.27. The van der Waals surface area contributed by atoms with Crippen LogP contribution in [0.15, 0.2) is 5.16 Å². The second kappa shape index (κ2) is 7.15. The van der Waals surface area contributed by atoms with Crippen LogP contribution in [-0.4, -0.2) is 49.0 Å². The zero-order valence-corrected chi connectivity index (χ0v) is 13.8. The van der Waals surface area contributed by atoms with Gasteiger partial charge in [-0.15, -0.1) is 5.10 Å². The number of aryl methyl sites for hydroxylation is 1. The van der Waals surface area contributed by atoms with E-state index in [4.69, 9.17) is 0 Å². The van der Waals surface area contributed by atoms with E-state index >= 15 is 0 Å². The van der Waals surface area contributed by atoms with Crippen LogP contribution in [0.4, 0.5) is 0 Å². The third-order valence-electron chi connectivity index (χ3n) is 4.26. The molecule has 0 radical (unpaired) electrons. The summed E-state index contributed by atoms with van der Waals surface area (Å²) in [6.07, 6.45) is 5.31. The summed E-state index contributed by atoms with van der Waals surface area (Å²) < 4.78 is 12.2. The molecule has 0 bridgehead atoms.